The van der Waals surface area contributed by atoms with E-state index >= 15 is 0 Å². The lowest BCUT2D eigenvalue weighted by Gasteiger charge is -2.34. The van der Waals surface area contributed by atoms with Crippen molar-refractivity contribution in [3.8, 4) is 0 Å². The molecule has 1 aromatic rings. The van der Waals surface area contributed by atoms with Crippen LogP contribution in [0.2, 0.25) is 0 Å². The molecule has 3 N–H and O–H groups in total. The number of nitrogens with zero attached hydrogens (tertiary/aromatic N) is 2. The van der Waals surface area contributed by atoms with E-state index in [2.05, 4.69) is 20.9 Å². The maximum Gasteiger partial charge on any atom is 0.289 e. The van der Waals surface area contributed by atoms with Gasteiger partial charge in [-0.15, -0.1) is 0 Å². The molecule has 10 nitrogen and oxygen atoms in total. The van der Waals surface area contributed by atoms with Gasteiger partial charge in [-0.2, -0.15) is 0 Å². The van der Waals surface area contributed by atoms with Crippen LogP contribution in [0.1, 0.15) is 84.6 Å². The third-order valence-electron chi connectivity index (χ3n) is 7.72. The van der Waals surface area contributed by atoms with Crippen LogP contribution in [0.4, 0.5) is 0 Å². The van der Waals surface area contributed by atoms with Crippen molar-refractivity contribution >= 4 is 29.4 Å². The molecule has 2 saturated carbocycles. The van der Waals surface area contributed by atoms with Crippen LogP contribution >= 0.6 is 0 Å². The number of aromatic nitrogens is 1. The van der Waals surface area contributed by atoms with Crippen LogP contribution in [0.3, 0.4) is 0 Å². The normalized spacial score (nSPS) is 17.8. The van der Waals surface area contributed by atoms with Crippen molar-refractivity contribution in [2.24, 2.45) is 11.3 Å². The Morgan fingerprint density at radius 1 is 1.05 bits per heavy atom. The first kappa shape index (κ1) is 31.2. The Kier molecular flexibility index (Phi) is 10.8. The van der Waals surface area contributed by atoms with Gasteiger partial charge in [-0.3, -0.25) is 29.0 Å². The number of likely N-dealkylation sites (N-methyl/N-ethyl adjacent to an activating group) is 1. The number of hydrogen-bond acceptors (Lipinski definition) is 6. The molecule has 0 bridgehead atoms. The number of carbonyl (C=O) groups is 5. The Balaban J connectivity index is 1.80. The average molecular weight is 556 g/mol. The second-order valence-corrected chi connectivity index (χ2v) is 12.2. The summed E-state index contributed by atoms with van der Waals surface area (Å²) in [5.74, 6) is -2.50. The molecule has 220 valence electrons. The van der Waals surface area contributed by atoms with E-state index in [1.165, 1.54) is 4.90 Å². The van der Waals surface area contributed by atoms with Crippen LogP contribution in [-0.4, -0.2) is 70.5 Å². The van der Waals surface area contributed by atoms with Crippen LogP contribution in [0.25, 0.3) is 0 Å². The summed E-state index contributed by atoms with van der Waals surface area (Å²) in [6.07, 6.45) is 9.57. The fourth-order valence-corrected chi connectivity index (χ4v) is 5.05. The molecule has 0 saturated heterocycles. The maximum absolute atomic E-state index is 13.9. The second-order valence-electron chi connectivity index (χ2n) is 12.2. The van der Waals surface area contributed by atoms with Crippen molar-refractivity contribution < 1.29 is 24.0 Å². The van der Waals surface area contributed by atoms with Crippen molar-refractivity contribution in [2.75, 3.05) is 7.05 Å². The van der Waals surface area contributed by atoms with E-state index in [9.17, 15) is 24.0 Å². The summed E-state index contributed by atoms with van der Waals surface area (Å²) in [6.45, 7) is 7.31. The van der Waals surface area contributed by atoms with Crippen LogP contribution < -0.4 is 16.0 Å². The van der Waals surface area contributed by atoms with E-state index < -0.39 is 41.1 Å². The van der Waals surface area contributed by atoms with Crippen molar-refractivity contribution in [1.82, 2.24) is 25.8 Å². The minimum Gasteiger partial charge on any atom is -0.347 e. The minimum absolute atomic E-state index is 0.00128. The number of Topliss-reactive ketones (excluding diaryl/α,β-unsaturated/α-hetero) is 1. The van der Waals surface area contributed by atoms with E-state index in [-0.39, 0.29) is 30.2 Å². The summed E-state index contributed by atoms with van der Waals surface area (Å²) in [5.41, 5.74) is 0.0274. The van der Waals surface area contributed by atoms with Crippen LogP contribution in [0.15, 0.2) is 24.5 Å². The highest BCUT2D eigenvalue weighted by Crippen LogP contribution is 2.30. The second kappa shape index (κ2) is 13.9. The molecule has 1 heterocycles. The fraction of sp³-hybridized carbons (Fsp3) is 0.667. The zero-order valence-corrected chi connectivity index (χ0v) is 24.5. The summed E-state index contributed by atoms with van der Waals surface area (Å²) < 4.78 is 0. The largest absolute Gasteiger partial charge is 0.347 e. The number of rotatable bonds is 13. The van der Waals surface area contributed by atoms with Gasteiger partial charge in [-0.1, -0.05) is 53.0 Å². The van der Waals surface area contributed by atoms with Crippen molar-refractivity contribution in [3.05, 3.63) is 30.1 Å². The van der Waals surface area contributed by atoms with Gasteiger partial charge in [0.1, 0.15) is 18.1 Å². The number of hydrogen-bond donors (Lipinski definition) is 3. The van der Waals surface area contributed by atoms with Crippen molar-refractivity contribution in [3.63, 3.8) is 0 Å². The van der Waals surface area contributed by atoms with E-state index in [1.807, 2.05) is 6.92 Å². The van der Waals surface area contributed by atoms with Gasteiger partial charge < -0.3 is 20.9 Å². The van der Waals surface area contributed by atoms with Crippen molar-refractivity contribution in [1.29, 1.82) is 0 Å². The Morgan fingerprint density at radius 3 is 2.27 bits per heavy atom. The van der Waals surface area contributed by atoms with E-state index in [0.717, 1.165) is 38.5 Å². The minimum atomic E-state index is -1.11. The lowest BCUT2D eigenvalue weighted by molar-refractivity contribution is -0.145. The van der Waals surface area contributed by atoms with Gasteiger partial charge in [-0.25, -0.2) is 0 Å². The highest BCUT2D eigenvalue weighted by Gasteiger charge is 2.40. The van der Waals surface area contributed by atoms with Crippen LogP contribution in [-0.2, 0) is 30.4 Å². The Labute approximate surface area is 237 Å². The molecule has 2 aliphatic rings. The number of nitrogens with one attached hydrogen (secondary N) is 3. The molecule has 3 rings (SSSR count). The number of carbonyl (C=O) groups excluding carboxylic acids is 5. The standard InChI is InChI=1S/C30H45N5O5/c1-6-10-23(35(5)28(39)24(20-12-7-8-13-20)34-29(40)30(2,3)4)26(37)33-22(17-19-11-9-16-31-18-19)25(36)27(38)32-21-14-15-21/h9,11,16,18,20-24H,6-8,10,12-15,17H2,1-5H3,(H,32,38)(H,33,37)(H,34,40)/t22-,23-,24+/m0/s1. The number of amides is 4. The average Bonchev–Trinajstić information content (AvgIpc) is 3.56. The summed E-state index contributed by atoms with van der Waals surface area (Å²) >= 11 is 0. The molecular weight excluding hydrogens is 510 g/mol. The molecule has 1 aromatic heterocycles. The van der Waals surface area contributed by atoms with Gasteiger partial charge in [0.2, 0.25) is 23.5 Å². The van der Waals surface area contributed by atoms with Gasteiger partial charge in [-0.05, 0) is 49.7 Å². The van der Waals surface area contributed by atoms with Crippen LogP contribution in [0, 0.1) is 11.3 Å². The molecular formula is C30H45N5O5. The molecule has 4 amide bonds. The smallest absolute Gasteiger partial charge is 0.289 e. The molecule has 0 unspecified atom stereocenters. The maximum atomic E-state index is 13.9. The summed E-state index contributed by atoms with van der Waals surface area (Å²) in [4.78, 5) is 71.7. The van der Waals surface area contributed by atoms with Gasteiger partial charge >= 0.3 is 0 Å². The molecule has 3 atom stereocenters. The Hall–Kier alpha value is -3.30. The third kappa shape index (κ3) is 8.60. The molecule has 2 fully saturated rings. The number of ketones is 1. The zero-order chi connectivity index (χ0) is 29.4. The first-order valence-electron chi connectivity index (χ1n) is 14.5. The van der Waals surface area contributed by atoms with Crippen LogP contribution in [0.5, 0.6) is 0 Å². The quantitative estimate of drug-likeness (QED) is 0.320. The topological polar surface area (TPSA) is 138 Å². The highest BCUT2D eigenvalue weighted by atomic mass is 16.2. The van der Waals surface area contributed by atoms with Gasteiger partial charge in [0, 0.05) is 37.3 Å². The van der Waals surface area contributed by atoms with E-state index in [4.69, 9.17) is 0 Å². The first-order chi connectivity index (χ1) is 18.9. The fourth-order valence-electron chi connectivity index (χ4n) is 5.05. The van der Waals surface area contributed by atoms with E-state index in [0.29, 0.717) is 18.4 Å². The summed E-state index contributed by atoms with van der Waals surface area (Å²) in [6, 6.07) is 0.793. The lowest BCUT2D eigenvalue weighted by Crippen LogP contribution is -2.59. The van der Waals surface area contributed by atoms with E-state index in [1.54, 1.807) is 52.3 Å². The molecule has 0 aromatic carbocycles. The lowest BCUT2D eigenvalue weighted by atomic mass is 9.91. The molecule has 0 radical (unpaired) electrons. The molecule has 0 aliphatic heterocycles. The van der Waals surface area contributed by atoms with Gasteiger partial charge in [0.05, 0.1) is 0 Å². The summed E-state index contributed by atoms with van der Waals surface area (Å²) in [7, 11) is 1.57. The van der Waals surface area contributed by atoms with Gasteiger partial charge in [0.15, 0.2) is 0 Å². The SMILES string of the molecule is CCC[C@@H](C(=O)N[C@@H](Cc1cccnc1)C(=O)C(=O)NC1CC1)N(C)C(=O)[C@H](NC(=O)C(C)(C)C)C1CCCC1. The number of pyridine rings is 1. The first-order valence-corrected chi connectivity index (χ1v) is 14.5. The molecule has 10 heteroatoms. The zero-order valence-electron chi connectivity index (χ0n) is 24.5. The third-order valence-corrected chi connectivity index (χ3v) is 7.72. The predicted octanol–water partition coefficient (Wildman–Crippen LogP) is 2.30. The molecule has 0 spiro atoms. The van der Waals surface area contributed by atoms with Crippen molar-refractivity contribution in [2.45, 2.75) is 110 Å². The molecule has 2 aliphatic carbocycles. The highest BCUT2D eigenvalue weighted by molar-refractivity contribution is 6.38. The monoisotopic (exact) mass is 555 g/mol. The predicted molar refractivity (Wildman–Crippen MR) is 151 cm³/mol. The molecule has 40 heavy (non-hydrogen) atoms. The van der Waals surface area contributed by atoms with Gasteiger partial charge in [0.25, 0.3) is 5.91 Å². The Morgan fingerprint density at radius 2 is 1.73 bits per heavy atom. The Bertz CT molecular complexity index is 1060. The summed E-state index contributed by atoms with van der Waals surface area (Å²) in [5, 5.41) is 8.45.